The zero-order valence-corrected chi connectivity index (χ0v) is 14.2. The Bertz CT molecular complexity index is 769. The zero-order valence-electron chi connectivity index (χ0n) is 14.2. The molecule has 1 saturated heterocycles. The van der Waals surface area contributed by atoms with Gasteiger partial charge >= 0.3 is 0 Å². The van der Waals surface area contributed by atoms with Gasteiger partial charge in [-0.1, -0.05) is 0 Å². The SMILES string of the molecule is O=C(CN1CCN(c2ccc(O)cc2)CC1)Nc1ccc([N+](=O)[O-])cc1. The fourth-order valence-electron chi connectivity index (χ4n) is 2.90. The lowest BCUT2D eigenvalue weighted by Gasteiger charge is -2.35. The van der Waals surface area contributed by atoms with E-state index in [1.807, 2.05) is 12.1 Å². The number of carbonyl (C=O) groups is 1. The van der Waals surface area contributed by atoms with Gasteiger partial charge in [-0.3, -0.25) is 19.8 Å². The molecule has 8 heteroatoms. The van der Waals surface area contributed by atoms with Crippen LogP contribution >= 0.6 is 0 Å². The summed E-state index contributed by atoms with van der Waals surface area (Å²) in [6, 6.07) is 12.9. The number of aromatic hydroxyl groups is 1. The number of anilines is 2. The van der Waals surface area contributed by atoms with Gasteiger partial charge < -0.3 is 15.3 Å². The van der Waals surface area contributed by atoms with E-state index < -0.39 is 4.92 Å². The van der Waals surface area contributed by atoms with Crippen LogP contribution in [0.2, 0.25) is 0 Å². The Morgan fingerprint density at radius 1 is 1.04 bits per heavy atom. The number of nitrogens with zero attached hydrogens (tertiary/aromatic N) is 3. The van der Waals surface area contributed by atoms with E-state index in [1.165, 1.54) is 24.3 Å². The standard InChI is InChI=1S/C18H20N4O4/c23-17-7-5-15(6-8-17)21-11-9-20(10-12-21)13-18(24)19-14-1-3-16(4-2-14)22(25)26/h1-8,23H,9-13H2,(H,19,24). The summed E-state index contributed by atoms with van der Waals surface area (Å²) in [5, 5.41) is 22.8. The van der Waals surface area contributed by atoms with E-state index in [-0.39, 0.29) is 23.9 Å². The van der Waals surface area contributed by atoms with Crippen LogP contribution in [0.3, 0.4) is 0 Å². The molecule has 2 N–H and O–H groups in total. The molecule has 0 bridgehead atoms. The van der Waals surface area contributed by atoms with Crippen molar-refractivity contribution in [1.29, 1.82) is 0 Å². The molecular weight excluding hydrogens is 336 g/mol. The topological polar surface area (TPSA) is 99.0 Å². The van der Waals surface area contributed by atoms with Crippen molar-refractivity contribution >= 4 is 23.0 Å². The maximum absolute atomic E-state index is 12.2. The number of nitro groups is 1. The first-order chi connectivity index (χ1) is 12.5. The third-order valence-electron chi connectivity index (χ3n) is 4.32. The highest BCUT2D eigenvalue weighted by Gasteiger charge is 2.19. The molecule has 136 valence electrons. The van der Waals surface area contributed by atoms with Crippen LogP contribution < -0.4 is 10.2 Å². The maximum atomic E-state index is 12.2. The Kier molecular flexibility index (Phi) is 5.33. The lowest BCUT2D eigenvalue weighted by atomic mass is 10.2. The average Bonchev–Trinajstić information content (AvgIpc) is 2.63. The van der Waals surface area contributed by atoms with Crippen LogP contribution in [0.5, 0.6) is 5.75 Å². The number of phenols is 1. The number of benzene rings is 2. The lowest BCUT2D eigenvalue weighted by Crippen LogP contribution is -2.48. The van der Waals surface area contributed by atoms with Crippen LogP contribution in [0.1, 0.15) is 0 Å². The number of nitrogens with one attached hydrogen (secondary N) is 1. The Morgan fingerprint density at radius 2 is 1.65 bits per heavy atom. The van der Waals surface area contributed by atoms with Crippen molar-refractivity contribution in [2.24, 2.45) is 0 Å². The molecule has 0 aromatic heterocycles. The smallest absolute Gasteiger partial charge is 0.269 e. The fraction of sp³-hybridized carbons (Fsp3) is 0.278. The van der Waals surface area contributed by atoms with Gasteiger partial charge in [-0.25, -0.2) is 0 Å². The average molecular weight is 356 g/mol. The maximum Gasteiger partial charge on any atom is 0.269 e. The largest absolute Gasteiger partial charge is 0.508 e. The molecule has 0 saturated carbocycles. The summed E-state index contributed by atoms with van der Waals surface area (Å²) in [5.74, 6) is 0.104. The predicted octanol–water partition coefficient (Wildman–Crippen LogP) is 2.06. The number of hydrogen-bond acceptors (Lipinski definition) is 6. The summed E-state index contributed by atoms with van der Waals surface area (Å²) >= 11 is 0. The van der Waals surface area contributed by atoms with E-state index >= 15 is 0 Å². The van der Waals surface area contributed by atoms with Crippen molar-refractivity contribution < 1.29 is 14.8 Å². The molecule has 1 heterocycles. The molecule has 0 spiro atoms. The second-order valence-corrected chi connectivity index (χ2v) is 6.13. The van der Waals surface area contributed by atoms with E-state index in [1.54, 1.807) is 12.1 Å². The molecule has 1 aliphatic rings. The fourth-order valence-corrected chi connectivity index (χ4v) is 2.90. The Morgan fingerprint density at radius 3 is 2.23 bits per heavy atom. The van der Waals surface area contributed by atoms with E-state index in [4.69, 9.17) is 0 Å². The van der Waals surface area contributed by atoms with E-state index in [0.717, 1.165) is 31.9 Å². The minimum atomic E-state index is -0.473. The number of piperazine rings is 1. The van der Waals surface area contributed by atoms with Crippen molar-refractivity contribution in [3.8, 4) is 5.75 Å². The summed E-state index contributed by atoms with van der Waals surface area (Å²) in [6.07, 6.45) is 0. The van der Waals surface area contributed by atoms with Gasteiger partial charge in [0.1, 0.15) is 5.75 Å². The molecule has 0 atom stereocenters. The Hall–Kier alpha value is -3.13. The number of phenolic OH excluding ortho intramolecular Hbond substituents is 1. The molecule has 26 heavy (non-hydrogen) atoms. The summed E-state index contributed by atoms with van der Waals surface area (Å²) in [5.41, 5.74) is 1.59. The zero-order chi connectivity index (χ0) is 18.5. The highest BCUT2D eigenvalue weighted by molar-refractivity contribution is 5.92. The third kappa shape index (κ3) is 4.48. The molecule has 1 fully saturated rings. The lowest BCUT2D eigenvalue weighted by molar-refractivity contribution is -0.384. The first-order valence-corrected chi connectivity index (χ1v) is 8.32. The van der Waals surface area contributed by atoms with Crippen LogP contribution in [0.25, 0.3) is 0 Å². The van der Waals surface area contributed by atoms with Gasteiger partial charge in [-0.15, -0.1) is 0 Å². The monoisotopic (exact) mass is 356 g/mol. The van der Waals surface area contributed by atoms with Crippen molar-refractivity contribution in [3.05, 3.63) is 58.6 Å². The van der Waals surface area contributed by atoms with Crippen LogP contribution in [0.4, 0.5) is 17.1 Å². The quantitative estimate of drug-likeness (QED) is 0.628. The second kappa shape index (κ2) is 7.83. The van der Waals surface area contributed by atoms with Crippen LogP contribution in [0, 0.1) is 10.1 Å². The normalized spacial score (nSPS) is 14.8. The molecule has 3 rings (SSSR count). The van der Waals surface area contributed by atoms with Crippen LogP contribution in [-0.4, -0.2) is 53.6 Å². The van der Waals surface area contributed by atoms with Gasteiger partial charge in [0, 0.05) is 49.7 Å². The molecule has 1 aliphatic heterocycles. The minimum Gasteiger partial charge on any atom is -0.508 e. The summed E-state index contributed by atoms with van der Waals surface area (Å²) in [6.45, 7) is 3.40. The van der Waals surface area contributed by atoms with Crippen molar-refractivity contribution in [2.45, 2.75) is 0 Å². The van der Waals surface area contributed by atoms with E-state index in [2.05, 4.69) is 15.1 Å². The Labute approximate surface area is 150 Å². The number of non-ortho nitro benzene ring substituents is 1. The molecule has 2 aromatic rings. The first-order valence-electron chi connectivity index (χ1n) is 8.32. The molecule has 0 radical (unpaired) electrons. The molecule has 8 nitrogen and oxygen atoms in total. The Balaban J connectivity index is 1.47. The van der Waals surface area contributed by atoms with Crippen molar-refractivity contribution in [2.75, 3.05) is 42.9 Å². The first kappa shape index (κ1) is 17.7. The number of nitro benzene ring substituents is 1. The molecule has 0 unspecified atom stereocenters. The summed E-state index contributed by atoms with van der Waals surface area (Å²) < 4.78 is 0. The molecule has 2 aromatic carbocycles. The predicted molar refractivity (Wildman–Crippen MR) is 98.5 cm³/mol. The molecule has 1 amide bonds. The molecule has 0 aliphatic carbocycles. The van der Waals surface area contributed by atoms with Gasteiger partial charge in [-0.05, 0) is 36.4 Å². The van der Waals surface area contributed by atoms with E-state index in [0.29, 0.717) is 5.69 Å². The summed E-state index contributed by atoms with van der Waals surface area (Å²) in [7, 11) is 0. The van der Waals surface area contributed by atoms with Gasteiger partial charge in [0.05, 0.1) is 11.5 Å². The van der Waals surface area contributed by atoms with Crippen molar-refractivity contribution in [1.82, 2.24) is 4.90 Å². The van der Waals surface area contributed by atoms with Gasteiger partial charge in [0.15, 0.2) is 0 Å². The van der Waals surface area contributed by atoms with E-state index in [9.17, 15) is 20.0 Å². The summed E-state index contributed by atoms with van der Waals surface area (Å²) in [4.78, 5) is 26.6. The number of amides is 1. The number of carbonyl (C=O) groups excluding carboxylic acids is 1. The highest BCUT2D eigenvalue weighted by Crippen LogP contribution is 2.20. The minimum absolute atomic E-state index is 0.00616. The third-order valence-corrected chi connectivity index (χ3v) is 4.32. The van der Waals surface area contributed by atoms with Gasteiger partial charge in [0.2, 0.25) is 5.91 Å². The highest BCUT2D eigenvalue weighted by atomic mass is 16.6. The van der Waals surface area contributed by atoms with Gasteiger partial charge in [-0.2, -0.15) is 0 Å². The van der Waals surface area contributed by atoms with Crippen molar-refractivity contribution in [3.63, 3.8) is 0 Å². The van der Waals surface area contributed by atoms with Gasteiger partial charge in [0.25, 0.3) is 5.69 Å². The molecular formula is C18H20N4O4. The number of hydrogen-bond donors (Lipinski definition) is 2. The van der Waals surface area contributed by atoms with Crippen LogP contribution in [-0.2, 0) is 4.79 Å². The van der Waals surface area contributed by atoms with Crippen LogP contribution in [0.15, 0.2) is 48.5 Å². The second-order valence-electron chi connectivity index (χ2n) is 6.13. The number of rotatable bonds is 5.